The molecule has 2 rings (SSSR count). The first kappa shape index (κ1) is 14.4. The first-order chi connectivity index (χ1) is 8.90. The highest BCUT2D eigenvalue weighted by molar-refractivity contribution is 9.10. The van der Waals surface area contributed by atoms with Crippen LogP contribution in [0, 0.1) is 5.82 Å². The van der Waals surface area contributed by atoms with E-state index < -0.39 is 11.5 Å². The molecule has 1 amide bonds. The van der Waals surface area contributed by atoms with Crippen LogP contribution in [-0.4, -0.2) is 34.6 Å². The Morgan fingerprint density at radius 2 is 2.32 bits per heavy atom. The normalized spacial score (nSPS) is 24.4. The van der Waals surface area contributed by atoms with Crippen LogP contribution in [0.2, 0.25) is 0 Å². The van der Waals surface area contributed by atoms with Gasteiger partial charge in [-0.3, -0.25) is 9.69 Å². The molecule has 1 atom stereocenters. The Morgan fingerprint density at radius 3 is 2.95 bits per heavy atom. The van der Waals surface area contributed by atoms with Gasteiger partial charge in [0.15, 0.2) is 5.60 Å². The molecule has 0 unspecified atom stereocenters. The highest BCUT2D eigenvalue weighted by Crippen LogP contribution is 2.23. The fourth-order valence-corrected chi connectivity index (χ4v) is 2.78. The molecule has 1 aromatic carbocycles. The summed E-state index contributed by atoms with van der Waals surface area (Å²) in [5, 5.41) is 10.1. The van der Waals surface area contributed by atoms with Crippen molar-refractivity contribution < 1.29 is 14.3 Å². The summed E-state index contributed by atoms with van der Waals surface area (Å²) in [7, 11) is 0. The van der Waals surface area contributed by atoms with Crippen molar-refractivity contribution in [2.45, 2.75) is 25.0 Å². The number of hydrogen-bond acceptors (Lipinski definition) is 3. The molecule has 1 fully saturated rings. The van der Waals surface area contributed by atoms with E-state index in [1.807, 2.05) is 4.90 Å². The van der Waals surface area contributed by atoms with Gasteiger partial charge in [-0.15, -0.1) is 0 Å². The molecule has 0 bridgehead atoms. The number of rotatable bonds is 3. The molecule has 1 aliphatic rings. The lowest BCUT2D eigenvalue weighted by molar-refractivity contribution is -0.142. The highest BCUT2D eigenvalue weighted by Gasteiger charge is 2.38. The summed E-state index contributed by atoms with van der Waals surface area (Å²) < 4.78 is 13.6. The van der Waals surface area contributed by atoms with Gasteiger partial charge in [-0.25, -0.2) is 4.39 Å². The fourth-order valence-electron chi connectivity index (χ4n) is 2.36. The summed E-state index contributed by atoms with van der Waals surface area (Å²) in [6.07, 6.45) is 1.10. The standard InChI is InChI=1S/C13H16BrFN2O2/c14-10-6-9(2-3-11(10)15)7-17-5-1-4-13(19,8-17)12(16)18/h2-3,6,19H,1,4-5,7-8H2,(H2,16,18)/t13-/m0/s1. The Balaban J connectivity index is 2.06. The van der Waals surface area contributed by atoms with Crippen molar-refractivity contribution >= 4 is 21.8 Å². The van der Waals surface area contributed by atoms with Crippen LogP contribution in [-0.2, 0) is 11.3 Å². The van der Waals surface area contributed by atoms with Gasteiger partial charge in [0.1, 0.15) is 5.82 Å². The van der Waals surface area contributed by atoms with E-state index in [-0.39, 0.29) is 12.4 Å². The van der Waals surface area contributed by atoms with E-state index in [0.29, 0.717) is 23.9 Å². The van der Waals surface area contributed by atoms with Crippen molar-refractivity contribution in [2.75, 3.05) is 13.1 Å². The second kappa shape index (κ2) is 5.56. The van der Waals surface area contributed by atoms with Crippen LogP contribution in [0.3, 0.4) is 0 Å². The molecule has 0 saturated carbocycles. The first-order valence-corrected chi connectivity index (χ1v) is 6.88. The van der Waals surface area contributed by atoms with Crippen LogP contribution in [0.15, 0.2) is 22.7 Å². The molecule has 4 nitrogen and oxygen atoms in total. The summed E-state index contributed by atoms with van der Waals surface area (Å²) in [6, 6.07) is 4.79. The number of benzene rings is 1. The number of carbonyl (C=O) groups is 1. The molecular formula is C13H16BrFN2O2. The van der Waals surface area contributed by atoms with Gasteiger partial charge in [0.05, 0.1) is 4.47 Å². The number of carbonyl (C=O) groups excluding carboxylic acids is 1. The van der Waals surface area contributed by atoms with Crippen LogP contribution in [0.4, 0.5) is 4.39 Å². The average molecular weight is 331 g/mol. The molecular weight excluding hydrogens is 315 g/mol. The summed E-state index contributed by atoms with van der Waals surface area (Å²) >= 11 is 3.14. The van der Waals surface area contributed by atoms with Gasteiger partial charge in [-0.05, 0) is 53.0 Å². The third-order valence-electron chi connectivity index (χ3n) is 3.40. The minimum Gasteiger partial charge on any atom is -0.379 e. The molecule has 0 aliphatic carbocycles. The number of halogens is 2. The lowest BCUT2D eigenvalue weighted by Crippen LogP contribution is -2.55. The number of nitrogens with zero attached hydrogens (tertiary/aromatic N) is 1. The first-order valence-electron chi connectivity index (χ1n) is 6.09. The summed E-state index contributed by atoms with van der Waals surface area (Å²) in [5.41, 5.74) is 4.70. The van der Waals surface area contributed by atoms with E-state index in [2.05, 4.69) is 15.9 Å². The van der Waals surface area contributed by atoms with Crippen LogP contribution >= 0.6 is 15.9 Å². The Bertz CT molecular complexity index is 498. The molecule has 6 heteroatoms. The quantitative estimate of drug-likeness (QED) is 0.880. The van der Waals surface area contributed by atoms with Gasteiger partial charge in [-0.1, -0.05) is 6.07 Å². The Hall–Kier alpha value is -0.980. The van der Waals surface area contributed by atoms with E-state index >= 15 is 0 Å². The molecule has 0 spiro atoms. The largest absolute Gasteiger partial charge is 0.379 e. The maximum atomic E-state index is 13.1. The minimum atomic E-state index is -1.45. The SMILES string of the molecule is NC(=O)[C@]1(O)CCCN(Cc2ccc(F)c(Br)c2)C1. The van der Waals surface area contributed by atoms with Gasteiger partial charge in [0.25, 0.3) is 5.91 Å². The maximum absolute atomic E-state index is 13.1. The number of piperidine rings is 1. The number of aliphatic hydroxyl groups is 1. The predicted molar refractivity (Wildman–Crippen MR) is 72.8 cm³/mol. The van der Waals surface area contributed by atoms with Gasteiger partial charge in [-0.2, -0.15) is 0 Å². The summed E-state index contributed by atoms with van der Waals surface area (Å²) in [4.78, 5) is 13.2. The molecule has 19 heavy (non-hydrogen) atoms. The van der Waals surface area contributed by atoms with Crippen LogP contribution in [0.5, 0.6) is 0 Å². The topological polar surface area (TPSA) is 66.6 Å². The average Bonchev–Trinajstić information content (AvgIpc) is 2.34. The van der Waals surface area contributed by atoms with E-state index in [0.717, 1.165) is 12.1 Å². The van der Waals surface area contributed by atoms with E-state index in [9.17, 15) is 14.3 Å². The number of primary amides is 1. The molecule has 104 valence electrons. The second-order valence-electron chi connectivity index (χ2n) is 4.96. The zero-order chi connectivity index (χ0) is 14.0. The molecule has 1 aliphatic heterocycles. The van der Waals surface area contributed by atoms with Crippen LogP contribution in [0.1, 0.15) is 18.4 Å². The summed E-state index contributed by atoms with van der Waals surface area (Å²) in [6.45, 7) is 1.55. The zero-order valence-electron chi connectivity index (χ0n) is 10.4. The number of β-amino-alcohol motifs (C(OH)–C–C–N with tert-alkyl or cyclic N) is 1. The van der Waals surface area contributed by atoms with E-state index in [4.69, 9.17) is 5.73 Å². The third kappa shape index (κ3) is 3.32. The predicted octanol–water partition coefficient (Wildman–Crippen LogP) is 1.40. The second-order valence-corrected chi connectivity index (χ2v) is 5.81. The van der Waals surface area contributed by atoms with Gasteiger partial charge in [0, 0.05) is 13.1 Å². The van der Waals surface area contributed by atoms with Gasteiger partial charge in [0.2, 0.25) is 0 Å². The molecule has 1 heterocycles. The Kier molecular flexibility index (Phi) is 4.23. The van der Waals surface area contributed by atoms with Crippen LogP contribution < -0.4 is 5.73 Å². The van der Waals surface area contributed by atoms with Crippen molar-refractivity contribution in [1.82, 2.24) is 4.90 Å². The minimum absolute atomic E-state index is 0.220. The highest BCUT2D eigenvalue weighted by atomic mass is 79.9. The lowest BCUT2D eigenvalue weighted by atomic mass is 9.92. The van der Waals surface area contributed by atoms with Gasteiger partial charge < -0.3 is 10.8 Å². The third-order valence-corrected chi connectivity index (χ3v) is 4.01. The van der Waals surface area contributed by atoms with Crippen molar-refractivity contribution in [3.05, 3.63) is 34.1 Å². The smallest absolute Gasteiger partial charge is 0.250 e. The van der Waals surface area contributed by atoms with Crippen molar-refractivity contribution in [2.24, 2.45) is 5.73 Å². The fraction of sp³-hybridized carbons (Fsp3) is 0.462. The number of nitrogens with two attached hydrogens (primary N) is 1. The summed E-state index contributed by atoms with van der Waals surface area (Å²) in [5.74, 6) is -0.992. The Morgan fingerprint density at radius 1 is 1.58 bits per heavy atom. The number of amides is 1. The van der Waals surface area contributed by atoms with Crippen molar-refractivity contribution in [3.63, 3.8) is 0 Å². The maximum Gasteiger partial charge on any atom is 0.250 e. The molecule has 0 radical (unpaired) electrons. The monoisotopic (exact) mass is 330 g/mol. The number of likely N-dealkylation sites (tertiary alicyclic amines) is 1. The zero-order valence-corrected chi connectivity index (χ0v) is 12.0. The lowest BCUT2D eigenvalue weighted by Gasteiger charge is -2.37. The van der Waals surface area contributed by atoms with E-state index in [1.54, 1.807) is 12.1 Å². The molecule has 0 aromatic heterocycles. The van der Waals surface area contributed by atoms with Crippen molar-refractivity contribution in [1.29, 1.82) is 0 Å². The van der Waals surface area contributed by atoms with Crippen LogP contribution in [0.25, 0.3) is 0 Å². The Labute approximate surface area is 119 Å². The molecule has 1 saturated heterocycles. The van der Waals surface area contributed by atoms with Crippen molar-refractivity contribution in [3.8, 4) is 0 Å². The number of hydrogen-bond donors (Lipinski definition) is 2. The molecule has 3 N–H and O–H groups in total. The van der Waals surface area contributed by atoms with Gasteiger partial charge >= 0.3 is 0 Å². The van der Waals surface area contributed by atoms with E-state index in [1.165, 1.54) is 6.07 Å². The molecule has 1 aromatic rings.